The number of nitro benzene ring substituents is 2. The average molecular weight is 372 g/mol. The summed E-state index contributed by atoms with van der Waals surface area (Å²) in [6, 6.07) is 11.6. The largest absolute Gasteiger partial charge is 0.269 e. The van der Waals surface area contributed by atoms with E-state index in [4.69, 9.17) is 9.68 Å². The first-order chi connectivity index (χ1) is 12.9. The molecule has 27 heavy (non-hydrogen) atoms. The van der Waals surface area contributed by atoms with Gasteiger partial charge in [-0.3, -0.25) is 31.2 Å². The van der Waals surface area contributed by atoms with Gasteiger partial charge >= 0.3 is 0 Å². The number of hydrogen-bond acceptors (Lipinski definition) is 8. The summed E-state index contributed by atoms with van der Waals surface area (Å²) in [4.78, 5) is 30.4. The molecule has 2 aromatic rings. The summed E-state index contributed by atoms with van der Waals surface area (Å²) in [5.74, 6) is 0. The molecule has 2 aromatic carbocycles. The molecule has 0 aliphatic carbocycles. The van der Waals surface area contributed by atoms with Crippen molar-refractivity contribution in [2.24, 2.45) is 0 Å². The molecule has 0 aliphatic rings. The smallest absolute Gasteiger partial charge is 0.264 e. The molecule has 0 bridgehead atoms. The van der Waals surface area contributed by atoms with Crippen LogP contribution in [0.25, 0.3) is 11.4 Å². The van der Waals surface area contributed by atoms with Crippen molar-refractivity contribution in [3.8, 4) is 0 Å². The summed E-state index contributed by atoms with van der Waals surface area (Å²) < 4.78 is 0. The van der Waals surface area contributed by atoms with Crippen LogP contribution in [0.15, 0.2) is 61.7 Å². The van der Waals surface area contributed by atoms with E-state index < -0.39 is 9.85 Å². The molecule has 10 nitrogen and oxygen atoms in total. The van der Waals surface area contributed by atoms with Crippen LogP contribution < -0.4 is 11.0 Å². The molecule has 2 rings (SSSR count). The fourth-order valence-electron chi connectivity index (χ4n) is 1.95. The fourth-order valence-corrected chi connectivity index (χ4v) is 1.95. The predicted molar refractivity (Wildman–Crippen MR) is 97.6 cm³/mol. The van der Waals surface area contributed by atoms with Crippen LogP contribution in [0.2, 0.25) is 0 Å². The monoisotopic (exact) mass is 372 g/mol. The highest BCUT2D eigenvalue weighted by molar-refractivity contribution is 5.62. The standard InChI is InChI=1S/C17H16N4O6/c1-12(14-3-7-16(8-4-14)20(22)23)18-26-11-27-19-13(2)15-5-9-17(10-6-15)21(24)25/h3-10,18-19H,1-2,11H2. The van der Waals surface area contributed by atoms with Gasteiger partial charge in [0.1, 0.15) is 0 Å². The molecule has 10 heteroatoms. The van der Waals surface area contributed by atoms with Gasteiger partial charge in [-0.15, -0.1) is 0 Å². The molecule has 0 saturated heterocycles. The lowest BCUT2D eigenvalue weighted by molar-refractivity contribution is -0.385. The number of nitro groups is 2. The van der Waals surface area contributed by atoms with Crippen LogP contribution in [0, 0.1) is 20.2 Å². The van der Waals surface area contributed by atoms with Gasteiger partial charge in [0.25, 0.3) is 11.4 Å². The highest BCUT2D eigenvalue weighted by Crippen LogP contribution is 2.17. The zero-order chi connectivity index (χ0) is 19.8. The molecule has 140 valence electrons. The summed E-state index contributed by atoms with van der Waals surface area (Å²) >= 11 is 0. The van der Waals surface area contributed by atoms with Crippen LogP contribution >= 0.6 is 0 Å². The number of rotatable bonds is 10. The van der Waals surface area contributed by atoms with Gasteiger partial charge in [0.15, 0.2) is 6.79 Å². The topological polar surface area (TPSA) is 129 Å². The summed E-state index contributed by atoms with van der Waals surface area (Å²) in [6.07, 6.45) is 0. The molecule has 0 spiro atoms. The molecule has 0 aromatic heterocycles. The van der Waals surface area contributed by atoms with Crippen molar-refractivity contribution < 1.29 is 19.5 Å². The number of nitrogens with zero attached hydrogens (tertiary/aromatic N) is 2. The van der Waals surface area contributed by atoms with Crippen LogP contribution in [0.5, 0.6) is 0 Å². The second kappa shape index (κ2) is 9.08. The van der Waals surface area contributed by atoms with Gasteiger partial charge in [0, 0.05) is 24.3 Å². The summed E-state index contributed by atoms with van der Waals surface area (Å²) in [5.41, 5.74) is 7.06. The van der Waals surface area contributed by atoms with Crippen molar-refractivity contribution in [2.45, 2.75) is 0 Å². The van der Waals surface area contributed by atoms with Crippen molar-refractivity contribution >= 4 is 22.8 Å². The second-order valence-electron chi connectivity index (χ2n) is 5.18. The van der Waals surface area contributed by atoms with Crippen molar-refractivity contribution in [1.82, 2.24) is 11.0 Å². The molecule has 0 radical (unpaired) electrons. The van der Waals surface area contributed by atoms with Crippen LogP contribution in [0.4, 0.5) is 11.4 Å². The predicted octanol–water partition coefficient (Wildman–Crippen LogP) is 3.14. The molecule has 0 amide bonds. The Bertz CT molecular complexity index is 777. The maximum absolute atomic E-state index is 10.6. The third-order valence-electron chi connectivity index (χ3n) is 3.36. The van der Waals surface area contributed by atoms with Gasteiger partial charge in [0.2, 0.25) is 0 Å². The van der Waals surface area contributed by atoms with E-state index in [-0.39, 0.29) is 18.2 Å². The number of benzene rings is 2. The molecule has 0 atom stereocenters. The Hall–Kier alpha value is -3.76. The van der Waals surface area contributed by atoms with Crippen LogP contribution in [0.3, 0.4) is 0 Å². The minimum atomic E-state index is -0.492. The van der Waals surface area contributed by atoms with E-state index in [0.717, 1.165) is 0 Å². The quantitative estimate of drug-likeness (QED) is 0.282. The number of nitrogens with one attached hydrogen (secondary N) is 2. The molecule has 0 saturated carbocycles. The molecule has 0 heterocycles. The van der Waals surface area contributed by atoms with Gasteiger partial charge in [-0.2, -0.15) is 0 Å². The highest BCUT2D eigenvalue weighted by Gasteiger charge is 2.07. The molecule has 0 aliphatic heterocycles. The van der Waals surface area contributed by atoms with Crippen LogP contribution in [-0.4, -0.2) is 16.6 Å². The van der Waals surface area contributed by atoms with Crippen LogP contribution in [-0.2, 0) is 9.68 Å². The van der Waals surface area contributed by atoms with Gasteiger partial charge in [-0.05, 0) is 35.4 Å². The normalized spacial score (nSPS) is 10.1. The van der Waals surface area contributed by atoms with E-state index >= 15 is 0 Å². The lowest BCUT2D eigenvalue weighted by Crippen LogP contribution is -2.20. The zero-order valence-electron chi connectivity index (χ0n) is 14.1. The zero-order valence-corrected chi connectivity index (χ0v) is 14.1. The SMILES string of the molecule is C=C(NOCONC(=C)c1ccc([N+](=O)[O-])cc1)c1ccc([N+](=O)[O-])cc1. The van der Waals surface area contributed by atoms with Crippen molar-refractivity contribution in [3.63, 3.8) is 0 Å². The van der Waals surface area contributed by atoms with Crippen molar-refractivity contribution in [2.75, 3.05) is 6.79 Å². The maximum Gasteiger partial charge on any atom is 0.269 e. The molecule has 2 N–H and O–H groups in total. The lowest BCUT2D eigenvalue weighted by atomic mass is 10.2. The lowest BCUT2D eigenvalue weighted by Gasteiger charge is -2.12. The first kappa shape index (κ1) is 19.6. The van der Waals surface area contributed by atoms with Gasteiger partial charge in [-0.1, -0.05) is 13.2 Å². The molecule has 0 fully saturated rings. The van der Waals surface area contributed by atoms with E-state index in [1.54, 1.807) is 0 Å². The van der Waals surface area contributed by atoms with E-state index in [9.17, 15) is 20.2 Å². The van der Waals surface area contributed by atoms with Gasteiger partial charge in [0.05, 0.1) is 21.2 Å². The average Bonchev–Trinajstić information content (AvgIpc) is 2.67. The van der Waals surface area contributed by atoms with E-state index in [0.29, 0.717) is 22.5 Å². The van der Waals surface area contributed by atoms with Crippen molar-refractivity contribution in [3.05, 3.63) is 93.0 Å². The third-order valence-corrected chi connectivity index (χ3v) is 3.36. The molecular weight excluding hydrogens is 356 g/mol. The van der Waals surface area contributed by atoms with Gasteiger partial charge in [-0.25, -0.2) is 9.68 Å². The first-order valence-electron chi connectivity index (χ1n) is 7.51. The van der Waals surface area contributed by atoms with Crippen LogP contribution in [0.1, 0.15) is 11.1 Å². The van der Waals surface area contributed by atoms with Gasteiger partial charge < -0.3 is 0 Å². The minimum Gasteiger partial charge on any atom is -0.264 e. The Morgan fingerprint density at radius 2 is 1.11 bits per heavy atom. The Morgan fingerprint density at radius 3 is 1.41 bits per heavy atom. The van der Waals surface area contributed by atoms with Crippen molar-refractivity contribution in [1.29, 1.82) is 0 Å². The maximum atomic E-state index is 10.6. The Labute approximate surface area is 153 Å². The summed E-state index contributed by atoms with van der Waals surface area (Å²) in [6.45, 7) is 7.29. The summed E-state index contributed by atoms with van der Waals surface area (Å²) in [7, 11) is 0. The highest BCUT2D eigenvalue weighted by atomic mass is 16.8. The Balaban J connectivity index is 1.71. The fraction of sp³-hybridized carbons (Fsp3) is 0.0588. The van der Waals surface area contributed by atoms with E-state index in [1.165, 1.54) is 48.5 Å². The molecular formula is C17H16N4O6. The second-order valence-corrected chi connectivity index (χ2v) is 5.18. The summed E-state index contributed by atoms with van der Waals surface area (Å²) in [5, 5.41) is 21.2. The van der Waals surface area contributed by atoms with E-state index in [1.807, 2.05) is 0 Å². The molecule has 0 unspecified atom stereocenters. The number of hydrogen-bond donors (Lipinski definition) is 2. The van der Waals surface area contributed by atoms with E-state index in [2.05, 4.69) is 24.1 Å². The third kappa shape index (κ3) is 5.63. The first-order valence-corrected chi connectivity index (χ1v) is 7.51. The number of hydroxylamine groups is 2. The minimum absolute atomic E-state index is 0.0234. The Morgan fingerprint density at radius 1 is 0.778 bits per heavy atom. The Kier molecular flexibility index (Phi) is 6.58. The number of non-ortho nitro benzene ring substituents is 2.